The van der Waals surface area contributed by atoms with Crippen molar-refractivity contribution in [3.63, 3.8) is 0 Å². The van der Waals surface area contributed by atoms with E-state index in [1.807, 2.05) is 66.7 Å². The molecule has 0 atom stereocenters. The van der Waals surface area contributed by atoms with Crippen molar-refractivity contribution in [1.82, 2.24) is 9.97 Å². The van der Waals surface area contributed by atoms with Gasteiger partial charge < -0.3 is 20.1 Å². The number of nitrogens with zero attached hydrogens (tertiary/aromatic N) is 3. The second kappa shape index (κ2) is 9.48. The summed E-state index contributed by atoms with van der Waals surface area (Å²) in [6, 6.07) is 21.0. The van der Waals surface area contributed by atoms with Gasteiger partial charge >= 0.3 is 0 Å². The van der Waals surface area contributed by atoms with Gasteiger partial charge in [-0.05, 0) is 40.6 Å². The van der Waals surface area contributed by atoms with Crippen LogP contribution in [-0.2, 0) is 17.6 Å². The highest BCUT2D eigenvalue weighted by atomic mass is 16.4. The van der Waals surface area contributed by atoms with E-state index < -0.39 is 5.97 Å². The first kappa shape index (κ1) is 22.0. The third-order valence-electron chi connectivity index (χ3n) is 5.24. The number of anilines is 2. The molecule has 7 nitrogen and oxygen atoms in total. The van der Waals surface area contributed by atoms with Crippen LogP contribution in [-0.4, -0.2) is 35.9 Å². The Morgan fingerprint density at radius 2 is 1.70 bits per heavy atom. The molecule has 3 aromatic carbocycles. The molecule has 0 aliphatic rings. The van der Waals surface area contributed by atoms with Gasteiger partial charge in [0.05, 0.1) is 0 Å². The van der Waals surface area contributed by atoms with Crippen molar-refractivity contribution in [3.05, 3.63) is 95.4 Å². The minimum Gasteiger partial charge on any atom is -0.550 e. The van der Waals surface area contributed by atoms with Crippen LogP contribution in [0.3, 0.4) is 0 Å². The fourth-order valence-electron chi connectivity index (χ4n) is 3.61. The smallest absolute Gasteiger partial charge is 0.255 e. The average molecular weight is 439 g/mol. The van der Waals surface area contributed by atoms with Gasteiger partial charge in [-0.25, -0.2) is 9.97 Å². The summed E-state index contributed by atoms with van der Waals surface area (Å²) in [6.07, 6.45) is 1.77. The molecule has 0 radical (unpaired) electrons. The summed E-state index contributed by atoms with van der Waals surface area (Å²) in [5, 5.41) is 16.0. The van der Waals surface area contributed by atoms with Crippen LogP contribution >= 0.6 is 0 Å². The maximum atomic E-state index is 12.7. The molecule has 0 unspecified atom stereocenters. The molecule has 1 N–H and O–H groups in total. The zero-order valence-electron chi connectivity index (χ0n) is 18.4. The fourth-order valence-corrected chi connectivity index (χ4v) is 3.61. The molecule has 0 spiro atoms. The summed E-state index contributed by atoms with van der Waals surface area (Å²) in [6.45, 7) is 0. The highest BCUT2D eigenvalue weighted by Gasteiger charge is 2.11. The van der Waals surface area contributed by atoms with E-state index >= 15 is 0 Å². The first-order valence-corrected chi connectivity index (χ1v) is 10.5. The molecular weight excluding hydrogens is 416 g/mol. The number of fused-ring (bicyclic) bond motifs is 1. The van der Waals surface area contributed by atoms with Gasteiger partial charge in [-0.1, -0.05) is 42.5 Å². The average Bonchev–Trinajstić information content (AvgIpc) is 2.80. The number of rotatable bonds is 7. The Labute approximate surface area is 191 Å². The molecule has 1 amide bonds. The summed E-state index contributed by atoms with van der Waals surface area (Å²) < 4.78 is 0. The number of aliphatic carboxylic acids is 1. The van der Waals surface area contributed by atoms with Gasteiger partial charge in [0.25, 0.3) is 5.91 Å². The fraction of sp³-hybridized carbons (Fsp3) is 0.154. The number of carboxylic acids is 1. The quantitative estimate of drug-likeness (QED) is 0.476. The Bertz CT molecular complexity index is 1320. The van der Waals surface area contributed by atoms with E-state index in [2.05, 4.69) is 15.3 Å². The van der Waals surface area contributed by atoms with Crippen molar-refractivity contribution in [3.8, 4) is 0 Å². The minimum atomic E-state index is -1.17. The Kier molecular flexibility index (Phi) is 6.31. The van der Waals surface area contributed by atoms with Gasteiger partial charge in [-0.2, -0.15) is 0 Å². The van der Waals surface area contributed by atoms with Crippen molar-refractivity contribution < 1.29 is 14.7 Å². The Hall–Kier alpha value is -4.26. The standard InChI is InChI=1S/C26H24N4O3/c1-30(2)25-21(15-24(31)32)16-27-23(29-25)13-17-7-11-22(12-8-17)28-26(33)20-10-9-18-5-3-4-6-19(18)14-20/h3-12,14,16H,13,15H2,1-2H3,(H,28,33)(H,31,32)/p-1. The monoisotopic (exact) mass is 439 g/mol. The van der Waals surface area contributed by atoms with E-state index in [0.29, 0.717) is 34.9 Å². The molecule has 7 heteroatoms. The molecule has 0 aliphatic carbocycles. The van der Waals surface area contributed by atoms with E-state index in [9.17, 15) is 14.7 Å². The van der Waals surface area contributed by atoms with Crippen molar-refractivity contribution >= 4 is 34.2 Å². The third-order valence-corrected chi connectivity index (χ3v) is 5.24. The molecule has 0 saturated carbocycles. The molecule has 33 heavy (non-hydrogen) atoms. The Morgan fingerprint density at radius 3 is 2.39 bits per heavy atom. The normalized spacial score (nSPS) is 10.7. The summed E-state index contributed by atoms with van der Waals surface area (Å²) in [4.78, 5) is 34.2. The van der Waals surface area contributed by atoms with E-state index in [-0.39, 0.29) is 12.3 Å². The zero-order valence-corrected chi connectivity index (χ0v) is 18.4. The van der Waals surface area contributed by atoms with Gasteiger partial charge in [-0.15, -0.1) is 0 Å². The topological polar surface area (TPSA) is 98.2 Å². The van der Waals surface area contributed by atoms with Gasteiger partial charge in [0.1, 0.15) is 11.6 Å². The molecule has 0 saturated heterocycles. The van der Waals surface area contributed by atoms with E-state index in [1.165, 1.54) is 6.20 Å². The van der Waals surface area contributed by atoms with Crippen molar-refractivity contribution in [1.29, 1.82) is 0 Å². The molecule has 4 rings (SSSR count). The third kappa shape index (κ3) is 5.33. The van der Waals surface area contributed by atoms with Crippen LogP contribution in [0.4, 0.5) is 11.5 Å². The van der Waals surface area contributed by atoms with Crippen LogP contribution < -0.4 is 15.3 Å². The van der Waals surface area contributed by atoms with E-state index in [1.54, 1.807) is 19.0 Å². The summed E-state index contributed by atoms with van der Waals surface area (Å²) >= 11 is 0. The summed E-state index contributed by atoms with van der Waals surface area (Å²) in [7, 11) is 3.61. The first-order valence-electron chi connectivity index (χ1n) is 10.5. The predicted molar refractivity (Wildman–Crippen MR) is 126 cm³/mol. The summed E-state index contributed by atoms with van der Waals surface area (Å²) in [5.74, 6) is -0.205. The number of nitrogens with one attached hydrogen (secondary N) is 1. The zero-order chi connectivity index (χ0) is 23.4. The van der Waals surface area contributed by atoms with Crippen molar-refractivity contribution in [2.45, 2.75) is 12.8 Å². The van der Waals surface area contributed by atoms with Crippen LogP contribution in [0, 0.1) is 0 Å². The van der Waals surface area contributed by atoms with E-state index in [0.717, 1.165) is 16.3 Å². The number of carboxylic acid groups (broad SMARTS) is 1. The van der Waals surface area contributed by atoms with Crippen molar-refractivity contribution in [2.75, 3.05) is 24.3 Å². The maximum absolute atomic E-state index is 12.7. The second-order valence-corrected chi connectivity index (χ2v) is 7.97. The largest absolute Gasteiger partial charge is 0.550 e. The number of aromatic nitrogens is 2. The van der Waals surface area contributed by atoms with E-state index in [4.69, 9.17) is 0 Å². The lowest BCUT2D eigenvalue weighted by atomic mass is 10.1. The number of hydrogen-bond donors (Lipinski definition) is 1. The van der Waals surface area contributed by atoms with Crippen LogP contribution in [0.2, 0.25) is 0 Å². The molecule has 4 aromatic rings. The predicted octanol–water partition coefficient (Wildman–Crippen LogP) is 2.83. The maximum Gasteiger partial charge on any atom is 0.255 e. The van der Waals surface area contributed by atoms with Crippen molar-refractivity contribution in [2.24, 2.45) is 0 Å². The second-order valence-electron chi connectivity index (χ2n) is 7.97. The lowest BCUT2D eigenvalue weighted by molar-refractivity contribution is -0.304. The molecular formula is C26H23N4O3-. The number of amides is 1. The first-order chi connectivity index (χ1) is 15.9. The van der Waals surface area contributed by atoms with Crippen LogP contribution in [0.5, 0.6) is 0 Å². The molecule has 0 fully saturated rings. The molecule has 0 bridgehead atoms. The minimum absolute atomic E-state index is 0.170. The highest BCUT2D eigenvalue weighted by molar-refractivity contribution is 6.06. The SMILES string of the molecule is CN(C)c1nc(Cc2ccc(NC(=O)c3ccc4ccccc4c3)cc2)ncc1CC(=O)[O-]. The Balaban J connectivity index is 1.45. The number of carbonyl (C=O) groups excluding carboxylic acids is 2. The number of benzene rings is 3. The lowest BCUT2D eigenvalue weighted by Gasteiger charge is -2.17. The van der Waals surface area contributed by atoms with Gasteiger partial charge in [0.15, 0.2) is 0 Å². The molecule has 0 aliphatic heterocycles. The lowest BCUT2D eigenvalue weighted by Crippen LogP contribution is -2.26. The highest BCUT2D eigenvalue weighted by Crippen LogP contribution is 2.19. The van der Waals surface area contributed by atoms with Crippen LogP contribution in [0.15, 0.2) is 72.9 Å². The van der Waals surface area contributed by atoms with Crippen LogP contribution in [0.1, 0.15) is 27.3 Å². The number of hydrogen-bond acceptors (Lipinski definition) is 6. The van der Waals surface area contributed by atoms with Gasteiger partial charge in [-0.3, -0.25) is 4.79 Å². The number of carbonyl (C=O) groups is 2. The molecule has 1 heterocycles. The van der Waals surface area contributed by atoms with Gasteiger partial charge in [0, 0.05) is 55.9 Å². The molecule has 1 aromatic heterocycles. The Morgan fingerprint density at radius 1 is 0.970 bits per heavy atom. The van der Waals surface area contributed by atoms with Gasteiger partial charge in [0.2, 0.25) is 0 Å². The summed E-state index contributed by atoms with van der Waals surface area (Å²) in [5.41, 5.74) is 2.77. The molecule has 166 valence electrons. The van der Waals surface area contributed by atoms with Crippen LogP contribution in [0.25, 0.3) is 10.8 Å².